The molecule has 2 rings (SSSR count). The van der Waals surface area contributed by atoms with Gasteiger partial charge >= 0.3 is 6.03 Å². The number of imide groups is 1. The fraction of sp³-hybridized carbons (Fsp3) is 0.769. The van der Waals surface area contributed by atoms with Gasteiger partial charge in [-0.3, -0.25) is 14.5 Å². The predicted octanol–water partition coefficient (Wildman–Crippen LogP) is 1.47. The number of carbonyl (C=O) groups excluding carboxylic acids is 3. The van der Waals surface area contributed by atoms with Gasteiger partial charge in [0.25, 0.3) is 5.91 Å². The van der Waals surface area contributed by atoms with Crippen molar-refractivity contribution in [2.75, 3.05) is 6.54 Å². The predicted molar refractivity (Wildman–Crippen MR) is 65.9 cm³/mol. The summed E-state index contributed by atoms with van der Waals surface area (Å²) in [5.74, 6) is -0.358. The van der Waals surface area contributed by atoms with Gasteiger partial charge in [-0.15, -0.1) is 0 Å². The molecule has 0 aromatic heterocycles. The highest BCUT2D eigenvalue weighted by molar-refractivity contribution is 6.09. The molecule has 2 aliphatic rings. The van der Waals surface area contributed by atoms with E-state index in [1.165, 1.54) is 0 Å². The van der Waals surface area contributed by atoms with Crippen LogP contribution in [0.4, 0.5) is 4.79 Å². The van der Waals surface area contributed by atoms with Crippen LogP contribution in [-0.4, -0.2) is 34.7 Å². The summed E-state index contributed by atoms with van der Waals surface area (Å²) in [5, 5.41) is 2.78. The summed E-state index contributed by atoms with van der Waals surface area (Å²) in [5.41, 5.74) is -0.702. The number of nitrogens with one attached hydrogen (secondary N) is 1. The van der Waals surface area contributed by atoms with Crippen molar-refractivity contribution in [1.82, 2.24) is 10.2 Å². The maximum atomic E-state index is 12.3. The van der Waals surface area contributed by atoms with Crippen molar-refractivity contribution in [3.05, 3.63) is 0 Å². The zero-order chi connectivity index (χ0) is 13.3. The van der Waals surface area contributed by atoms with E-state index < -0.39 is 11.6 Å². The number of rotatable bonds is 4. The Kier molecular flexibility index (Phi) is 3.41. The highest BCUT2D eigenvalue weighted by Gasteiger charge is 2.52. The topological polar surface area (TPSA) is 66.5 Å². The minimum Gasteiger partial charge on any atom is -0.323 e. The fourth-order valence-electron chi connectivity index (χ4n) is 2.68. The maximum absolute atomic E-state index is 12.3. The first-order valence-electron chi connectivity index (χ1n) is 6.67. The van der Waals surface area contributed by atoms with E-state index in [1.807, 2.05) is 13.8 Å². The van der Waals surface area contributed by atoms with Crippen molar-refractivity contribution in [3.63, 3.8) is 0 Å². The molecule has 0 aromatic carbocycles. The number of hydrogen-bond donors (Lipinski definition) is 1. The molecule has 1 spiro atoms. The number of Topliss-reactive ketones (excluding diaryl/α,β-unsaturated/α-hetero) is 1. The van der Waals surface area contributed by atoms with Crippen LogP contribution < -0.4 is 5.32 Å². The van der Waals surface area contributed by atoms with Gasteiger partial charge in [0.1, 0.15) is 5.54 Å². The third-order valence-electron chi connectivity index (χ3n) is 4.18. The van der Waals surface area contributed by atoms with E-state index in [0.717, 1.165) is 24.2 Å². The van der Waals surface area contributed by atoms with Gasteiger partial charge in [-0.2, -0.15) is 0 Å². The lowest BCUT2D eigenvalue weighted by atomic mass is 9.97. The van der Waals surface area contributed by atoms with Gasteiger partial charge in [0, 0.05) is 5.92 Å². The minimum atomic E-state index is -0.702. The summed E-state index contributed by atoms with van der Waals surface area (Å²) in [6.45, 7) is 3.67. The van der Waals surface area contributed by atoms with E-state index in [2.05, 4.69) is 5.32 Å². The quantitative estimate of drug-likeness (QED) is 0.770. The van der Waals surface area contributed by atoms with Crippen LogP contribution in [-0.2, 0) is 9.59 Å². The number of amides is 3. The smallest absolute Gasteiger partial charge is 0.323 e. The Morgan fingerprint density at radius 2 is 2.00 bits per heavy atom. The average molecular weight is 252 g/mol. The number of urea groups is 1. The van der Waals surface area contributed by atoms with Crippen LogP contribution >= 0.6 is 0 Å². The molecule has 100 valence electrons. The molecule has 0 radical (unpaired) electrons. The largest absolute Gasteiger partial charge is 0.325 e. The molecule has 1 N–H and O–H groups in total. The van der Waals surface area contributed by atoms with Crippen LogP contribution in [0.1, 0.15) is 46.0 Å². The van der Waals surface area contributed by atoms with Crippen LogP contribution in [0.5, 0.6) is 0 Å². The summed E-state index contributed by atoms with van der Waals surface area (Å²) >= 11 is 0. The Hall–Kier alpha value is -1.39. The highest BCUT2D eigenvalue weighted by Crippen LogP contribution is 2.35. The molecule has 0 aromatic rings. The zero-order valence-corrected chi connectivity index (χ0v) is 11.0. The van der Waals surface area contributed by atoms with Crippen LogP contribution in [0, 0.1) is 5.92 Å². The third-order valence-corrected chi connectivity index (χ3v) is 4.18. The van der Waals surface area contributed by atoms with E-state index in [4.69, 9.17) is 0 Å². The summed E-state index contributed by atoms with van der Waals surface area (Å²) in [6.07, 6.45) is 4.04. The van der Waals surface area contributed by atoms with Crippen LogP contribution in [0.15, 0.2) is 0 Å². The van der Waals surface area contributed by atoms with Crippen LogP contribution in [0.2, 0.25) is 0 Å². The Balaban J connectivity index is 2.08. The van der Waals surface area contributed by atoms with Crippen molar-refractivity contribution in [1.29, 1.82) is 0 Å². The first-order valence-corrected chi connectivity index (χ1v) is 6.67. The van der Waals surface area contributed by atoms with E-state index in [9.17, 15) is 14.4 Å². The second-order valence-corrected chi connectivity index (χ2v) is 5.39. The molecule has 1 saturated carbocycles. The average Bonchev–Trinajstić information content (AvgIpc) is 2.90. The van der Waals surface area contributed by atoms with Crippen LogP contribution in [0.3, 0.4) is 0 Å². The molecule has 1 saturated heterocycles. The molecule has 2 fully saturated rings. The molecule has 1 unspecified atom stereocenters. The zero-order valence-electron chi connectivity index (χ0n) is 11.0. The van der Waals surface area contributed by atoms with Gasteiger partial charge < -0.3 is 5.32 Å². The van der Waals surface area contributed by atoms with Gasteiger partial charge in [-0.05, 0) is 19.3 Å². The first kappa shape index (κ1) is 13.1. The van der Waals surface area contributed by atoms with Gasteiger partial charge in [0.2, 0.25) is 0 Å². The highest BCUT2D eigenvalue weighted by atomic mass is 16.2. The summed E-state index contributed by atoms with van der Waals surface area (Å²) < 4.78 is 0. The summed E-state index contributed by atoms with van der Waals surface area (Å²) in [4.78, 5) is 37.1. The van der Waals surface area contributed by atoms with Crippen molar-refractivity contribution < 1.29 is 14.4 Å². The molecular formula is C13H20N2O3. The second kappa shape index (κ2) is 4.71. The second-order valence-electron chi connectivity index (χ2n) is 5.39. The molecule has 5 nitrogen and oxygen atoms in total. The first-order chi connectivity index (χ1) is 8.50. The van der Waals surface area contributed by atoms with Crippen molar-refractivity contribution in [2.24, 2.45) is 5.92 Å². The monoisotopic (exact) mass is 252 g/mol. The molecule has 0 bridgehead atoms. The Labute approximate surface area is 107 Å². The number of hydrogen-bond acceptors (Lipinski definition) is 3. The third kappa shape index (κ3) is 2.02. The maximum Gasteiger partial charge on any atom is 0.325 e. The fourth-order valence-corrected chi connectivity index (χ4v) is 2.68. The van der Waals surface area contributed by atoms with Crippen molar-refractivity contribution in [2.45, 2.75) is 51.5 Å². The van der Waals surface area contributed by atoms with E-state index >= 15 is 0 Å². The standard InChI is InChI=1S/C13H20N2O3/c1-3-9(2)10(16)8-15-11(17)13(14-12(15)18)6-4-5-7-13/h9H,3-8H2,1-2H3,(H,14,18). The molecule has 5 heteroatoms. The Morgan fingerprint density at radius 1 is 1.39 bits per heavy atom. The summed E-state index contributed by atoms with van der Waals surface area (Å²) in [7, 11) is 0. The lowest BCUT2D eigenvalue weighted by molar-refractivity contribution is -0.135. The molecule has 1 heterocycles. The minimum absolute atomic E-state index is 0.0453. The molecule has 1 atom stereocenters. The van der Waals surface area contributed by atoms with Gasteiger partial charge in [-0.1, -0.05) is 26.7 Å². The normalized spacial score (nSPS) is 23.6. The SMILES string of the molecule is CCC(C)C(=O)CN1C(=O)NC2(CCCC2)C1=O. The van der Waals surface area contributed by atoms with Gasteiger partial charge in [-0.25, -0.2) is 4.79 Å². The number of carbonyl (C=O) groups is 3. The Bertz CT molecular complexity index is 386. The van der Waals surface area contributed by atoms with Gasteiger partial charge in [0.15, 0.2) is 5.78 Å². The van der Waals surface area contributed by atoms with E-state index in [-0.39, 0.29) is 24.2 Å². The lowest BCUT2D eigenvalue weighted by Crippen LogP contribution is -2.44. The number of nitrogens with zero attached hydrogens (tertiary/aromatic N) is 1. The number of ketones is 1. The molecule has 1 aliphatic carbocycles. The van der Waals surface area contributed by atoms with E-state index in [1.54, 1.807) is 0 Å². The van der Waals surface area contributed by atoms with Crippen LogP contribution in [0.25, 0.3) is 0 Å². The van der Waals surface area contributed by atoms with Crippen molar-refractivity contribution >= 4 is 17.7 Å². The van der Waals surface area contributed by atoms with Crippen molar-refractivity contribution in [3.8, 4) is 0 Å². The molecule has 18 heavy (non-hydrogen) atoms. The van der Waals surface area contributed by atoms with Gasteiger partial charge in [0.05, 0.1) is 6.54 Å². The van der Waals surface area contributed by atoms with E-state index in [0.29, 0.717) is 12.8 Å². The summed E-state index contributed by atoms with van der Waals surface area (Å²) in [6, 6.07) is -0.404. The lowest BCUT2D eigenvalue weighted by Gasteiger charge is -2.20. The molecule has 1 aliphatic heterocycles. The molecular weight excluding hydrogens is 232 g/mol. The molecule has 3 amide bonds. The Morgan fingerprint density at radius 3 is 2.56 bits per heavy atom.